The van der Waals surface area contributed by atoms with Crippen molar-refractivity contribution in [2.45, 2.75) is 51.2 Å². The van der Waals surface area contributed by atoms with Crippen LogP contribution in [-0.4, -0.2) is 35.6 Å². The Labute approximate surface area is 194 Å². The number of nitrogens with zero attached hydrogens (tertiary/aromatic N) is 2. The van der Waals surface area contributed by atoms with Crippen molar-refractivity contribution in [3.05, 3.63) is 83.4 Å². The van der Waals surface area contributed by atoms with Crippen LogP contribution in [-0.2, 0) is 13.1 Å². The normalized spacial score (nSPS) is 14.2. The molecular weight excluding hydrogens is 419 g/mol. The van der Waals surface area contributed by atoms with Crippen LogP contribution in [0.25, 0.3) is 0 Å². The molecule has 1 aliphatic carbocycles. The van der Waals surface area contributed by atoms with Crippen LogP contribution in [0.4, 0.5) is 4.39 Å². The average molecular weight is 451 g/mol. The molecule has 2 aromatic carbocycles. The Morgan fingerprint density at radius 2 is 1.70 bits per heavy atom. The van der Waals surface area contributed by atoms with Crippen molar-refractivity contribution in [1.29, 1.82) is 0 Å². The number of aromatic nitrogens is 1. The van der Waals surface area contributed by atoms with Crippen LogP contribution in [0.3, 0.4) is 0 Å². The fourth-order valence-corrected chi connectivity index (χ4v) is 4.72. The van der Waals surface area contributed by atoms with Gasteiger partial charge in [0.15, 0.2) is 0 Å². The molecule has 0 saturated heterocycles. The summed E-state index contributed by atoms with van der Waals surface area (Å²) in [6, 6.07) is 16.2. The molecule has 1 amide bonds. The molecule has 0 spiro atoms. The lowest BCUT2D eigenvalue weighted by Gasteiger charge is -2.35. The molecule has 1 fully saturated rings. The Morgan fingerprint density at radius 1 is 1.00 bits per heavy atom. The maximum absolute atomic E-state index is 14.0. The SMILES string of the molecule is COc1cccc(OC)c1C(=O)N(Cc1cccn1Cc1cccc(F)c1)C1CCCCC1. The molecule has 0 unspecified atom stereocenters. The predicted octanol–water partition coefficient (Wildman–Crippen LogP) is 5.67. The number of hydrogen-bond acceptors (Lipinski definition) is 3. The zero-order valence-corrected chi connectivity index (χ0v) is 19.3. The summed E-state index contributed by atoms with van der Waals surface area (Å²) in [5.74, 6) is 0.684. The van der Waals surface area contributed by atoms with E-state index >= 15 is 0 Å². The zero-order valence-electron chi connectivity index (χ0n) is 19.3. The number of halogens is 1. The molecular formula is C27H31FN2O3. The van der Waals surface area contributed by atoms with Crippen LogP contribution in [0.5, 0.6) is 11.5 Å². The van der Waals surface area contributed by atoms with Gasteiger partial charge in [-0.2, -0.15) is 0 Å². The molecule has 3 aromatic rings. The van der Waals surface area contributed by atoms with E-state index in [1.165, 1.54) is 12.5 Å². The maximum atomic E-state index is 14.0. The Hall–Kier alpha value is -3.28. The van der Waals surface area contributed by atoms with E-state index in [1.807, 2.05) is 35.4 Å². The summed E-state index contributed by atoms with van der Waals surface area (Å²) in [4.78, 5) is 15.9. The highest BCUT2D eigenvalue weighted by Crippen LogP contribution is 2.33. The highest BCUT2D eigenvalue weighted by molar-refractivity contribution is 6.00. The van der Waals surface area contributed by atoms with Crippen molar-refractivity contribution in [3.8, 4) is 11.5 Å². The molecule has 0 atom stereocenters. The summed E-state index contributed by atoms with van der Waals surface area (Å²) in [5, 5.41) is 0. The lowest BCUT2D eigenvalue weighted by Crippen LogP contribution is -2.41. The third-order valence-corrected chi connectivity index (χ3v) is 6.42. The number of carbonyl (C=O) groups excluding carboxylic acids is 1. The van der Waals surface area contributed by atoms with Crippen molar-refractivity contribution in [1.82, 2.24) is 9.47 Å². The van der Waals surface area contributed by atoms with Gasteiger partial charge in [0.2, 0.25) is 0 Å². The summed E-state index contributed by atoms with van der Waals surface area (Å²) < 4.78 is 26.8. The highest BCUT2D eigenvalue weighted by atomic mass is 19.1. The van der Waals surface area contributed by atoms with Crippen LogP contribution in [0.15, 0.2) is 60.8 Å². The van der Waals surface area contributed by atoms with Crippen LogP contribution in [0.1, 0.15) is 53.7 Å². The Kier molecular flexibility index (Phi) is 7.33. The van der Waals surface area contributed by atoms with Crippen LogP contribution < -0.4 is 9.47 Å². The first kappa shape index (κ1) is 22.9. The molecule has 0 bridgehead atoms. The summed E-state index contributed by atoms with van der Waals surface area (Å²) in [7, 11) is 3.14. The first-order valence-corrected chi connectivity index (χ1v) is 11.5. The van der Waals surface area contributed by atoms with Crippen molar-refractivity contribution >= 4 is 5.91 Å². The molecule has 6 heteroatoms. The van der Waals surface area contributed by atoms with E-state index in [2.05, 4.69) is 4.57 Å². The largest absolute Gasteiger partial charge is 0.496 e. The molecule has 174 valence electrons. The Morgan fingerprint density at radius 3 is 2.36 bits per heavy atom. The van der Waals surface area contributed by atoms with E-state index in [-0.39, 0.29) is 17.8 Å². The number of carbonyl (C=O) groups is 1. The number of benzene rings is 2. The second-order valence-corrected chi connectivity index (χ2v) is 8.52. The lowest BCUT2D eigenvalue weighted by molar-refractivity contribution is 0.0602. The minimum absolute atomic E-state index is 0.0882. The van der Waals surface area contributed by atoms with Gasteiger partial charge in [-0.1, -0.05) is 37.5 Å². The molecule has 5 nitrogen and oxygen atoms in total. The van der Waals surface area contributed by atoms with E-state index in [9.17, 15) is 9.18 Å². The number of amides is 1. The van der Waals surface area contributed by atoms with E-state index < -0.39 is 0 Å². The van der Waals surface area contributed by atoms with E-state index in [4.69, 9.17) is 9.47 Å². The molecule has 4 rings (SSSR count). The fraction of sp³-hybridized carbons (Fsp3) is 0.370. The number of methoxy groups -OCH3 is 2. The van der Waals surface area contributed by atoms with Gasteiger partial charge in [-0.3, -0.25) is 4.79 Å². The van der Waals surface area contributed by atoms with Crippen LogP contribution in [0, 0.1) is 5.82 Å². The second kappa shape index (κ2) is 10.6. The molecule has 0 N–H and O–H groups in total. The highest BCUT2D eigenvalue weighted by Gasteiger charge is 2.31. The first-order chi connectivity index (χ1) is 16.1. The third kappa shape index (κ3) is 5.21. The van der Waals surface area contributed by atoms with Gasteiger partial charge in [0, 0.05) is 24.5 Å². The van der Waals surface area contributed by atoms with Gasteiger partial charge in [-0.25, -0.2) is 4.39 Å². The summed E-state index contributed by atoms with van der Waals surface area (Å²) in [6.07, 6.45) is 7.37. The molecule has 1 heterocycles. The first-order valence-electron chi connectivity index (χ1n) is 11.5. The van der Waals surface area contributed by atoms with E-state index in [0.717, 1.165) is 36.9 Å². The van der Waals surface area contributed by atoms with Gasteiger partial charge < -0.3 is 18.9 Å². The van der Waals surface area contributed by atoms with Crippen molar-refractivity contribution in [2.24, 2.45) is 0 Å². The molecule has 0 aliphatic heterocycles. The van der Waals surface area contributed by atoms with Crippen LogP contribution >= 0.6 is 0 Å². The van der Waals surface area contributed by atoms with Gasteiger partial charge in [-0.15, -0.1) is 0 Å². The van der Waals surface area contributed by atoms with Gasteiger partial charge >= 0.3 is 0 Å². The van der Waals surface area contributed by atoms with Gasteiger partial charge in [0.1, 0.15) is 22.9 Å². The summed E-state index contributed by atoms with van der Waals surface area (Å²) in [6.45, 7) is 1.01. The average Bonchev–Trinajstić information content (AvgIpc) is 3.28. The van der Waals surface area contributed by atoms with E-state index in [0.29, 0.717) is 30.2 Å². The summed E-state index contributed by atoms with van der Waals surface area (Å²) in [5.41, 5.74) is 2.35. The standard InChI is InChI=1S/C27H31FN2O3/c1-32-24-14-7-15-25(33-2)26(24)27(31)30(22-11-4-3-5-12-22)19-23-13-8-16-29(23)18-20-9-6-10-21(28)17-20/h6-10,13-17,22H,3-5,11-12,18-19H2,1-2H3. The quantitative estimate of drug-likeness (QED) is 0.444. The zero-order chi connectivity index (χ0) is 23.2. The lowest BCUT2D eigenvalue weighted by atomic mass is 9.93. The van der Waals surface area contributed by atoms with E-state index in [1.54, 1.807) is 38.5 Å². The van der Waals surface area contributed by atoms with Crippen molar-refractivity contribution in [3.63, 3.8) is 0 Å². The Bertz CT molecular complexity index is 1070. The molecule has 0 radical (unpaired) electrons. The van der Waals surface area contributed by atoms with Crippen LogP contribution in [0.2, 0.25) is 0 Å². The van der Waals surface area contributed by atoms with Gasteiger partial charge in [-0.05, 0) is 54.8 Å². The fourth-order valence-electron chi connectivity index (χ4n) is 4.72. The third-order valence-electron chi connectivity index (χ3n) is 6.42. The monoisotopic (exact) mass is 450 g/mol. The number of hydrogen-bond donors (Lipinski definition) is 0. The van der Waals surface area contributed by atoms with Gasteiger partial charge in [0.25, 0.3) is 5.91 Å². The number of rotatable bonds is 8. The molecule has 1 aliphatic rings. The smallest absolute Gasteiger partial charge is 0.262 e. The molecule has 33 heavy (non-hydrogen) atoms. The van der Waals surface area contributed by atoms with Gasteiger partial charge in [0.05, 0.1) is 20.8 Å². The molecule has 1 aromatic heterocycles. The van der Waals surface area contributed by atoms with Crippen molar-refractivity contribution in [2.75, 3.05) is 14.2 Å². The van der Waals surface area contributed by atoms with Crippen molar-refractivity contribution < 1.29 is 18.7 Å². The maximum Gasteiger partial charge on any atom is 0.262 e. The second-order valence-electron chi connectivity index (χ2n) is 8.52. The number of ether oxygens (including phenoxy) is 2. The predicted molar refractivity (Wildman–Crippen MR) is 126 cm³/mol. The molecule has 1 saturated carbocycles. The topological polar surface area (TPSA) is 43.7 Å². The minimum Gasteiger partial charge on any atom is -0.496 e. The summed E-state index contributed by atoms with van der Waals surface area (Å²) >= 11 is 0. The minimum atomic E-state index is -0.247. The Balaban J connectivity index is 1.66.